The molecule has 0 unspecified atom stereocenters. The summed E-state index contributed by atoms with van der Waals surface area (Å²) in [5, 5.41) is 0.714. The molecule has 0 aromatic heterocycles. The van der Waals surface area contributed by atoms with Gasteiger partial charge in [0.1, 0.15) is 0 Å². The van der Waals surface area contributed by atoms with Crippen molar-refractivity contribution in [1.29, 1.82) is 0 Å². The van der Waals surface area contributed by atoms with E-state index in [1.165, 1.54) is 13.2 Å². The Morgan fingerprint density at radius 3 is 2.64 bits per heavy atom. The van der Waals surface area contributed by atoms with Crippen molar-refractivity contribution in [3.05, 3.63) is 47.0 Å². The summed E-state index contributed by atoms with van der Waals surface area (Å²) >= 11 is 5.73. The van der Waals surface area contributed by atoms with Crippen molar-refractivity contribution < 1.29 is 9.53 Å². The second kappa shape index (κ2) is 5.45. The number of halogens is 1. The molecule has 0 aliphatic carbocycles. The zero-order valence-electron chi connectivity index (χ0n) is 7.87. The Hall–Kier alpha value is -1.28. The Balaban J connectivity index is 2.49. The lowest BCUT2D eigenvalue weighted by molar-refractivity contribution is -0.134. The number of carbonyl (C=O) groups is 1. The summed E-state index contributed by atoms with van der Waals surface area (Å²) in [6, 6.07) is 7.49. The van der Waals surface area contributed by atoms with Gasteiger partial charge in [-0.3, -0.25) is 0 Å². The first-order valence-electron chi connectivity index (χ1n) is 4.21. The van der Waals surface area contributed by atoms with Crippen LogP contribution in [0.3, 0.4) is 0 Å². The summed E-state index contributed by atoms with van der Waals surface area (Å²) < 4.78 is 4.46. The topological polar surface area (TPSA) is 26.3 Å². The molecular weight excluding hydrogens is 200 g/mol. The second-order valence-corrected chi connectivity index (χ2v) is 3.19. The maximum absolute atomic E-state index is 10.7. The lowest BCUT2D eigenvalue weighted by atomic mass is 10.1. The normalized spacial score (nSPS) is 10.4. The Morgan fingerprint density at radius 2 is 2.07 bits per heavy atom. The van der Waals surface area contributed by atoms with Crippen LogP contribution in [0.5, 0.6) is 0 Å². The maximum Gasteiger partial charge on any atom is 0.330 e. The van der Waals surface area contributed by atoms with Crippen molar-refractivity contribution >= 4 is 17.6 Å². The molecule has 0 fully saturated rings. The molecule has 0 heterocycles. The molecule has 0 atom stereocenters. The number of benzene rings is 1. The van der Waals surface area contributed by atoms with Gasteiger partial charge in [0.05, 0.1) is 7.11 Å². The fraction of sp³-hybridized carbons (Fsp3) is 0.182. The van der Waals surface area contributed by atoms with Crippen LogP contribution in [0.1, 0.15) is 5.56 Å². The Kier molecular flexibility index (Phi) is 4.20. The quantitative estimate of drug-likeness (QED) is 0.566. The minimum Gasteiger partial charge on any atom is -0.466 e. The molecule has 0 spiro atoms. The predicted molar refractivity (Wildman–Crippen MR) is 56.3 cm³/mol. The molecule has 1 aromatic rings. The Labute approximate surface area is 88.1 Å². The van der Waals surface area contributed by atoms with Crippen LogP contribution >= 0.6 is 11.6 Å². The van der Waals surface area contributed by atoms with Crippen LogP contribution in [0, 0.1) is 0 Å². The van der Waals surface area contributed by atoms with E-state index < -0.39 is 0 Å². The average molecular weight is 211 g/mol. The molecule has 0 saturated carbocycles. The molecule has 0 amide bonds. The third-order valence-corrected chi connectivity index (χ3v) is 1.97. The van der Waals surface area contributed by atoms with Crippen LogP contribution in [0.15, 0.2) is 36.4 Å². The van der Waals surface area contributed by atoms with E-state index in [-0.39, 0.29) is 5.97 Å². The van der Waals surface area contributed by atoms with Gasteiger partial charge in [-0.25, -0.2) is 4.79 Å². The van der Waals surface area contributed by atoms with E-state index in [1.54, 1.807) is 6.08 Å². The lowest BCUT2D eigenvalue weighted by Crippen LogP contribution is -1.93. The largest absolute Gasteiger partial charge is 0.466 e. The molecule has 3 heteroatoms. The smallest absolute Gasteiger partial charge is 0.330 e. The summed E-state index contributed by atoms with van der Waals surface area (Å²) in [6.45, 7) is 0. The van der Waals surface area contributed by atoms with E-state index in [2.05, 4.69) is 4.74 Å². The summed E-state index contributed by atoms with van der Waals surface area (Å²) in [5.41, 5.74) is 1.11. The zero-order valence-corrected chi connectivity index (χ0v) is 8.62. The summed E-state index contributed by atoms with van der Waals surface area (Å²) in [4.78, 5) is 10.7. The molecule has 0 N–H and O–H groups in total. The van der Waals surface area contributed by atoms with Gasteiger partial charge in [0.25, 0.3) is 0 Å². The third kappa shape index (κ3) is 3.62. The van der Waals surface area contributed by atoms with Gasteiger partial charge in [0, 0.05) is 11.1 Å². The first-order chi connectivity index (χ1) is 6.72. The standard InChI is InChI=1S/C11H11ClO2/c1-14-11(13)4-2-3-9-5-7-10(12)8-6-9/h2,4-8H,3H2,1H3/b4-2+. The number of hydrogen-bond donors (Lipinski definition) is 0. The van der Waals surface area contributed by atoms with Crippen LogP contribution in [0.2, 0.25) is 5.02 Å². The van der Waals surface area contributed by atoms with Crippen molar-refractivity contribution in [2.75, 3.05) is 7.11 Å². The van der Waals surface area contributed by atoms with Crippen LogP contribution in [0.25, 0.3) is 0 Å². The lowest BCUT2D eigenvalue weighted by Gasteiger charge is -1.95. The van der Waals surface area contributed by atoms with E-state index in [4.69, 9.17) is 11.6 Å². The zero-order chi connectivity index (χ0) is 10.4. The molecule has 0 bridgehead atoms. The molecule has 1 rings (SSSR count). The van der Waals surface area contributed by atoms with Crippen molar-refractivity contribution in [3.8, 4) is 0 Å². The molecular formula is C11H11ClO2. The minimum atomic E-state index is -0.334. The molecule has 0 radical (unpaired) electrons. The van der Waals surface area contributed by atoms with Crippen molar-refractivity contribution in [3.63, 3.8) is 0 Å². The van der Waals surface area contributed by atoms with E-state index in [9.17, 15) is 4.79 Å². The number of hydrogen-bond acceptors (Lipinski definition) is 2. The highest BCUT2D eigenvalue weighted by atomic mass is 35.5. The fourth-order valence-corrected chi connectivity index (χ4v) is 1.11. The van der Waals surface area contributed by atoms with Gasteiger partial charge in [-0.15, -0.1) is 0 Å². The first-order valence-corrected chi connectivity index (χ1v) is 4.59. The Morgan fingerprint density at radius 1 is 1.43 bits per heavy atom. The highest BCUT2D eigenvalue weighted by Crippen LogP contribution is 2.09. The monoisotopic (exact) mass is 210 g/mol. The van der Waals surface area contributed by atoms with Gasteiger partial charge < -0.3 is 4.74 Å². The van der Waals surface area contributed by atoms with Crippen LogP contribution in [0.4, 0.5) is 0 Å². The molecule has 0 saturated heterocycles. The van der Waals surface area contributed by atoms with E-state index >= 15 is 0 Å². The van der Waals surface area contributed by atoms with Crippen LogP contribution < -0.4 is 0 Å². The number of esters is 1. The van der Waals surface area contributed by atoms with Crippen molar-refractivity contribution in [1.82, 2.24) is 0 Å². The predicted octanol–water partition coefficient (Wildman–Crippen LogP) is 2.61. The van der Waals surface area contributed by atoms with Crippen LogP contribution in [-0.2, 0) is 16.0 Å². The SMILES string of the molecule is COC(=O)/C=C/Cc1ccc(Cl)cc1. The molecule has 74 valence electrons. The van der Waals surface area contributed by atoms with Crippen molar-refractivity contribution in [2.45, 2.75) is 6.42 Å². The first kappa shape index (κ1) is 10.8. The number of carbonyl (C=O) groups excluding carboxylic acids is 1. The van der Waals surface area contributed by atoms with Gasteiger partial charge in [-0.2, -0.15) is 0 Å². The van der Waals surface area contributed by atoms with E-state index in [1.807, 2.05) is 24.3 Å². The molecule has 14 heavy (non-hydrogen) atoms. The van der Waals surface area contributed by atoms with Gasteiger partial charge >= 0.3 is 5.97 Å². The van der Waals surface area contributed by atoms with E-state index in [0.29, 0.717) is 11.4 Å². The Bertz CT molecular complexity index is 328. The van der Waals surface area contributed by atoms with E-state index in [0.717, 1.165) is 5.56 Å². The molecule has 2 nitrogen and oxygen atoms in total. The maximum atomic E-state index is 10.7. The average Bonchev–Trinajstić information content (AvgIpc) is 2.21. The molecule has 0 aliphatic heterocycles. The van der Waals surface area contributed by atoms with Gasteiger partial charge in [0.2, 0.25) is 0 Å². The molecule has 0 aliphatic rings. The minimum absolute atomic E-state index is 0.334. The third-order valence-electron chi connectivity index (χ3n) is 1.72. The van der Waals surface area contributed by atoms with Gasteiger partial charge in [-0.1, -0.05) is 29.8 Å². The van der Waals surface area contributed by atoms with Gasteiger partial charge in [0.15, 0.2) is 0 Å². The number of ether oxygens (including phenoxy) is 1. The van der Waals surface area contributed by atoms with Gasteiger partial charge in [-0.05, 0) is 24.1 Å². The number of allylic oxidation sites excluding steroid dienone is 1. The van der Waals surface area contributed by atoms with Crippen LogP contribution in [-0.4, -0.2) is 13.1 Å². The van der Waals surface area contributed by atoms with Crippen molar-refractivity contribution in [2.24, 2.45) is 0 Å². The summed E-state index contributed by atoms with van der Waals surface area (Å²) in [5.74, 6) is -0.334. The highest BCUT2D eigenvalue weighted by molar-refractivity contribution is 6.30. The molecule has 1 aromatic carbocycles. The second-order valence-electron chi connectivity index (χ2n) is 2.76. The summed E-state index contributed by atoms with van der Waals surface area (Å²) in [7, 11) is 1.36. The number of rotatable bonds is 3. The highest BCUT2D eigenvalue weighted by Gasteiger charge is 1.92. The number of methoxy groups -OCH3 is 1. The summed E-state index contributed by atoms with van der Waals surface area (Å²) in [6.07, 6.45) is 3.87. The fourth-order valence-electron chi connectivity index (χ4n) is 0.980.